The van der Waals surface area contributed by atoms with Gasteiger partial charge >= 0.3 is 5.69 Å². The monoisotopic (exact) mass is 361 g/mol. The van der Waals surface area contributed by atoms with Gasteiger partial charge < -0.3 is 15.0 Å². The van der Waals surface area contributed by atoms with Gasteiger partial charge in [-0.3, -0.25) is 14.3 Å². The van der Waals surface area contributed by atoms with Crippen LogP contribution in [0.3, 0.4) is 0 Å². The number of aryl methyl sites for hydroxylation is 2. The highest BCUT2D eigenvalue weighted by atomic mass is 32.1. The number of aromatic nitrogens is 4. The van der Waals surface area contributed by atoms with Crippen LogP contribution in [0.2, 0.25) is 0 Å². The quantitative estimate of drug-likeness (QED) is 0.642. The van der Waals surface area contributed by atoms with Crippen molar-refractivity contribution in [3.8, 4) is 0 Å². The number of anilines is 1. The molecule has 3 aromatic heterocycles. The molecule has 25 heavy (non-hydrogen) atoms. The number of aliphatic hydroxyl groups excluding tert-OH is 1. The number of nitrogens with zero attached hydrogens (tertiary/aromatic N) is 3. The van der Waals surface area contributed by atoms with Crippen molar-refractivity contribution in [1.82, 2.24) is 19.1 Å². The van der Waals surface area contributed by atoms with E-state index in [4.69, 9.17) is 0 Å². The third-order valence-corrected chi connectivity index (χ3v) is 5.85. The average molecular weight is 361 g/mol. The van der Waals surface area contributed by atoms with Crippen molar-refractivity contribution in [3.05, 3.63) is 43.2 Å². The Kier molecular flexibility index (Phi) is 3.77. The van der Waals surface area contributed by atoms with Gasteiger partial charge in [0.1, 0.15) is 0 Å². The first-order valence-electron chi connectivity index (χ1n) is 8.09. The highest BCUT2D eigenvalue weighted by molar-refractivity contribution is 7.10. The van der Waals surface area contributed by atoms with Crippen molar-refractivity contribution >= 4 is 28.4 Å². The number of nitrogens with one attached hydrogen (secondary N) is 2. The number of hydrogen-bond acceptors (Lipinski definition) is 6. The number of aromatic amines is 1. The van der Waals surface area contributed by atoms with E-state index in [2.05, 4.69) is 21.4 Å². The summed E-state index contributed by atoms with van der Waals surface area (Å²) in [6, 6.07) is 4.06. The molecule has 1 unspecified atom stereocenters. The van der Waals surface area contributed by atoms with Gasteiger partial charge in [0, 0.05) is 19.0 Å². The first-order chi connectivity index (χ1) is 12.0. The number of imidazole rings is 1. The first-order valence-corrected chi connectivity index (χ1v) is 8.97. The smallest absolute Gasteiger partial charge is 0.329 e. The molecule has 3 aromatic rings. The van der Waals surface area contributed by atoms with Crippen LogP contribution < -0.4 is 16.6 Å². The average Bonchev–Trinajstić information content (AvgIpc) is 3.16. The summed E-state index contributed by atoms with van der Waals surface area (Å²) in [4.78, 5) is 31.9. The number of hydrogen-bond donors (Lipinski definition) is 3. The Balaban J connectivity index is 1.77. The predicted molar refractivity (Wildman–Crippen MR) is 96.0 cm³/mol. The Morgan fingerprint density at radius 1 is 1.36 bits per heavy atom. The highest BCUT2D eigenvalue weighted by Crippen LogP contribution is 2.41. The van der Waals surface area contributed by atoms with E-state index >= 15 is 0 Å². The van der Waals surface area contributed by atoms with E-state index in [9.17, 15) is 14.7 Å². The maximum absolute atomic E-state index is 12.2. The predicted octanol–water partition coefficient (Wildman–Crippen LogP) is 0.946. The zero-order valence-corrected chi connectivity index (χ0v) is 14.7. The standard InChI is InChI=1S/C16H19N5O3S/c1-20-12-13(21(2)16(24)19-14(12)23)18-15(20)17-11(8-6-9(22)7-8)10-4-3-5-25-10/h3-5,8-9,11,22H,6-7H2,1-2H3,(H,17,18)(H,19,23,24). The molecule has 1 atom stereocenters. The van der Waals surface area contributed by atoms with Crippen LogP contribution in [0.1, 0.15) is 23.8 Å². The molecule has 0 saturated heterocycles. The van der Waals surface area contributed by atoms with E-state index in [1.54, 1.807) is 30.0 Å². The number of aliphatic hydroxyl groups is 1. The summed E-state index contributed by atoms with van der Waals surface area (Å²) in [5.41, 5.74) is -0.243. The van der Waals surface area contributed by atoms with E-state index in [1.165, 1.54) is 4.57 Å². The van der Waals surface area contributed by atoms with Crippen LogP contribution >= 0.6 is 11.3 Å². The molecule has 132 valence electrons. The maximum atomic E-state index is 12.2. The van der Waals surface area contributed by atoms with Crippen LogP contribution in [0.25, 0.3) is 11.2 Å². The lowest BCUT2D eigenvalue weighted by Crippen LogP contribution is -2.36. The molecule has 1 fully saturated rings. The number of fused-ring (bicyclic) bond motifs is 1. The van der Waals surface area contributed by atoms with Gasteiger partial charge in [-0.2, -0.15) is 4.98 Å². The lowest BCUT2D eigenvalue weighted by atomic mass is 9.77. The van der Waals surface area contributed by atoms with Crippen LogP contribution in [-0.4, -0.2) is 30.3 Å². The van der Waals surface area contributed by atoms with Gasteiger partial charge in [-0.1, -0.05) is 6.07 Å². The van der Waals surface area contributed by atoms with E-state index in [0.717, 1.165) is 17.7 Å². The largest absolute Gasteiger partial charge is 0.393 e. The summed E-state index contributed by atoms with van der Waals surface area (Å²) in [6.45, 7) is 0. The lowest BCUT2D eigenvalue weighted by Gasteiger charge is -2.37. The third-order valence-electron chi connectivity index (χ3n) is 4.89. The van der Waals surface area contributed by atoms with Crippen LogP contribution in [-0.2, 0) is 14.1 Å². The molecule has 1 saturated carbocycles. The van der Waals surface area contributed by atoms with Crippen molar-refractivity contribution in [2.24, 2.45) is 20.0 Å². The maximum Gasteiger partial charge on any atom is 0.329 e. The van der Waals surface area contributed by atoms with Gasteiger partial charge in [0.2, 0.25) is 5.95 Å². The fourth-order valence-electron chi connectivity index (χ4n) is 3.37. The van der Waals surface area contributed by atoms with Crippen molar-refractivity contribution in [3.63, 3.8) is 0 Å². The second-order valence-electron chi connectivity index (χ2n) is 6.51. The third kappa shape index (κ3) is 2.59. The normalized spacial score (nSPS) is 21.2. The summed E-state index contributed by atoms with van der Waals surface area (Å²) in [7, 11) is 3.33. The van der Waals surface area contributed by atoms with Crippen LogP contribution in [0.4, 0.5) is 5.95 Å². The number of H-pyrrole nitrogens is 1. The van der Waals surface area contributed by atoms with Crippen molar-refractivity contribution in [2.45, 2.75) is 25.0 Å². The minimum Gasteiger partial charge on any atom is -0.393 e. The molecule has 1 aliphatic rings. The van der Waals surface area contributed by atoms with E-state index in [0.29, 0.717) is 23.0 Å². The van der Waals surface area contributed by atoms with Gasteiger partial charge in [0.25, 0.3) is 5.56 Å². The topological polar surface area (TPSA) is 105 Å². The molecule has 3 heterocycles. The summed E-state index contributed by atoms with van der Waals surface area (Å²) in [6.07, 6.45) is 1.22. The van der Waals surface area contributed by atoms with Gasteiger partial charge in [-0.05, 0) is 30.2 Å². The summed E-state index contributed by atoms with van der Waals surface area (Å²) in [5.74, 6) is 0.831. The zero-order valence-electron chi connectivity index (χ0n) is 13.9. The number of thiophene rings is 1. The zero-order chi connectivity index (χ0) is 17.7. The van der Waals surface area contributed by atoms with Crippen molar-refractivity contribution in [1.29, 1.82) is 0 Å². The molecule has 1 aliphatic carbocycles. The van der Waals surface area contributed by atoms with Gasteiger partial charge in [-0.15, -0.1) is 11.3 Å². The fraction of sp³-hybridized carbons (Fsp3) is 0.438. The molecule has 3 N–H and O–H groups in total. The molecule has 0 aromatic carbocycles. The minimum absolute atomic E-state index is 0.00928. The summed E-state index contributed by atoms with van der Waals surface area (Å²) >= 11 is 1.65. The van der Waals surface area contributed by atoms with E-state index in [-0.39, 0.29) is 12.1 Å². The molecule has 8 nitrogen and oxygen atoms in total. The Labute approximate surface area is 146 Å². The Morgan fingerprint density at radius 3 is 2.76 bits per heavy atom. The van der Waals surface area contributed by atoms with Crippen molar-refractivity contribution < 1.29 is 5.11 Å². The number of rotatable bonds is 4. The summed E-state index contributed by atoms with van der Waals surface area (Å²) in [5, 5.41) is 15.1. The Morgan fingerprint density at radius 2 is 2.12 bits per heavy atom. The van der Waals surface area contributed by atoms with E-state index < -0.39 is 11.2 Å². The van der Waals surface area contributed by atoms with Gasteiger partial charge in [0.05, 0.1) is 12.1 Å². The Bertz CT molecular complexity index is 1030. The molecule has 9 heteroatoms. The molecule has 0 radical (unpaired) electrons. The van der Waals surface area contributed by atoms with Crippen molar-refractivity contribution in [2.75, 3.05) is 5.32 Å². The van der Waals surface area contributed by atoms with Crippen LogP contribution in [0.15, 0.2) is 27.1 Å². The SMILES string of the molecule is Cn1c(NC(c2cccs2)C2CC(O)C2)nc2c1c(=O)[nH]c(=O)n2C. The van der Waals surface area contributed by atoms with Crippen LogP contribution in [0.5, 0.6) is 0 Å². The van der Waals surface area contributed by atoms with Crippen LogP contribution in [0, 0.1) is 5.92 Å². The molecule has 0 aliphatic heterocycles. The lowest BCUT2D eigenvalue weighted by molar-refractivity contribution is 0.0343. The second kappa shape index (κ2) is 5.85. The first kappa shape index (κ1) is 16.1. The minimum atomic E-state index is -0.487. The molecular formula is C16H19N5O3S. The molecule has 0 amide bonds. The van der Waals surface area contributed by atoms with E-state index in [1.807, 2.05) is 11.4 Å². The molecule has 0 spiro atoms. The highest BCUT2D eigenvalue weighted by Gasteiger charge is 2.36. The molecule has 4 rings (SSSR count). The fourth-order valence-corrected chi connectivity index (χ4v) is 4.24. The summed E-state index contributed by atoms with van der Waals surface area (Å²) < 4.78 is 3.00. The van der Waals surface area contributed by atoms with Gasteiger partial charge in [-0.25, -0.2) is 4.79 Å². The Hall–Kier alpha value is -2.39. The molecular weight excluding hydrogens is 342 g/mol. The van der Waals surface area contributed by atoms with Gasteiger partial charge in [0.15, 0.2) is 11.2 Å². The second-order valence-corrected chi connectivity index (χ2v) is 7.49. The molecule has 0 bridgehead atoms.